The van der Waals surface area contributed by atoms with Gasteiger partial charge in [-0.2, -0.15) is 0 Å². The van der Waals surface area contributed by atoms with E-state index in [1.165, 1.54) is 26.9 Å². The molecule has 0 aliphatic carbocycles. The highest BCUT2D eigenvalue weighted by atomic mass is 14.9. The summed E-state index contributed by atoms with van der Waals surface area (Å²) in [7, 11) is 0. The van der Waals surface area contributed by atoms with Gasteiger partial charge >= 0.3 is 0 Å². The Balaban J connectivity index is 1.08. The van der Waals surface area contributed by atoms with Crippen LogP contribution in [0.2, 0.25) is 0 Å². The summed E-state index contributed by atoms with van der Waals surface area (Å²) in [6.45, 7) is 0. The van der Waals surface area contributed by atoms with Crippen LogP contribution in [-0.4, -0.2) is 24.9 Å². The topological polar surface area (TPSA) is 64.5 Å². The molecule has 0 saturated carbocycles. The van der Waals surface area contributed by atoms with E-state index in [0.717, 1.165) is 77.4 Å². The van der Waals surface area contributed by atoms with Crippen molar-refractivity contribution in [2.45, 2.75) is 0 Å². The van der Waals surface area contributed by atoms with Crippen LogP contribution in [-0.2, 0) is 0 Å². The van der Waals surface area contributed by atoms with E-state index in [9.17, 15) is 0 Å². The summed E-state index contributed by atoms with van der Waals surface area (Å²) in [5.41, 5.74) is 8.23. The van der Waals surface area contributed by atoms with Gasteiger partial charge < -0.3 is 0 Å². The minimum absolute atomic E-state index is 0.618. The molecule has 0 saturated heterocycles. The van der Waals surface area contributed by atoms with Crippen LogP contribution in [0.1, 0.15) is 0 Å². The predicted molar refractivity (Wildman–Crippen MR) is 222 cm³/mol. The van der Waals surface area contributed by atoms with Crippen molar-refractivity contribution in [3.8, 4) is 45.3 Å². The quantitative estimate of drug-likeness (QED) is 0.172. The molecule has 54 heavy (non-hydrogen) atoms. The number of fused-ring (bicyclic) bond motifs is 11. The lowest BCUT2D eigenvalue weighted by atomic mass is 9.92. The number of hydrogen-bond acceptors (Lipinski definition) is 5. The second-order valence-electron chi connectivity index (χ2n) is 13.6. The van der Waals surface area contributed by atoms with Crippen LogP contribution in [0, 0.1) is 0 Å². The summed E-state index contributed by atoms with van der Waals surface area (Å²) in [5.74, 6) is 0.618. The maximum absolute atomic E-state index is 5.49. The van der Waals surface area contributed by atoms with Gasteiger partial charge in [0, 0.05) is 56.0 Å². The molecule has 0 spiro atoms. The van der Waals surface area contributed by atoms with Gasteiger partial charge in [-0.1, -0.05) is 140 Å². The zero-order chi connectivity index (χ0) is 35.6. The lowest BCUT2D eigenvalue weighted by Crippen LogP contribution is -1.96. The molecule has 0 aliphatic heterocycles. The molecule has 0 amide bonds. The van der Waals surface area contributed by atoms with Crippen LogP contribution in [0.25, 0.3) is 110 Å². The number of hydrogen-bond donors (Lipinski definition) is 0. The number of nitrogens with zero attached hydrogens (tertiary/aromatic N) is 5. The molecule has 4 aromatic heterocycles. The van der Waals surface area contributed by atoms with Crippen LogP contribution in [0.4, 0.5) is 0 Å². The smallest absolute Gasteiger partial charge is 0.159 e. The predicted octanol–water partition coefficient (Wildman–Crippen LogP) is 12.2. The Morgan fingerprint density at radius 3 is 1.78 bits per heavy atom. The van der Waals surface area contributed by atoms with Crippen molar-refractivity contribution < 1.29 is 0 Å². The van der Waals surface area contributed by atoms with Crippen LogP contribution in [0.5, 0.6) is 0 Å². The summed E-state index contributed by atoms with van der Waals surface area (Å²) in [6.07, 6.45) is 3.66. The Bertz CT molecular complexity index is 3280. The molecule has 5 heteroatoms. The summed E-state index contributed by atoms with van der Waals surface area (Å²) in [4.78, 5) is 25.5. The summed E-state index contributed by atoms with van der Waals surface area (Å²) in [5, 5.41) is 11.3. The fourth-order valence-electron chi connectivity index (χ4n) is 8.06. The first-order chi connectivity index (χ1) is 26.8. The maximum Gasteiger partial charge on any atom is 0.159 e. The van der Waals surface area contributed by atoms with Gasteiger partial charge in [-0.3, -0.25) is 4.98 Å². The average molecular weight is 688 g/mol. The molecule has 0 N–H and O–H groups in total. The van der Waals surface area contributed by atoms with Gasteiger partial charge in [0.1, 0.15) is 0 Å². The van der Waals surface area contributed by atoms with Crippen molar-refractivity contribution in [2.75, 3.05) is 0 Å². The van der Waals surface area contributed by atoms with Gasteiger partial charge in [0.05, 0.1) is 33.8 Å². The molecule has 0 radical (unpaired) electrons. The van der Waals surface area contributed by atoms with Crippen molar-refractivity contribution in [3.63, 3.8) is 0 Å². The zero-order valence-electron chi connectivity index (χ0n) is 29.0. The molecule has 0 atom stereocenters. The highest BCUT2D eigenvalue weighted by Gasteiger charge is 2.18. The first-order valence-corrected chi connectivity index (χ1v) is 18.1. The molecule has 0 unspecified atom stereocenters. The highest BCUT2D eigenvalue weighted by Crippen LogP contribution is 2.41. The first kappa shape index (κ1) is 30.3. The van der Waals surface area contributed by atoms with Gasteiger partial charge in [0.15, 0.2) is 5.82 Å². The first-order valence-electron chi connectivity index (χ1n) is 18.1. The van der Waals surface area contributed by atoms with E-state index >= 15 is 0 Å². The number of aromatic nitrogens is 5. The molecule has 0 fully saturated rings. The maximum atomic E-state index is 5.49. The number of rotatable bonds is 4. The third-order valence-corrected chi connectivity index (χ3v) is 10.5. The Morgan fingerprint density at radius 1 is 0.315 bits per heavy atom. The van der Waals surface area contributed by atoms with Gasteiger partial charge in [0.25, 0.3) is 0 Å². The molecule has 7 aromatic carbocycles. The van der Waals surface area contributed by atoms with E-state index in [0.29, 0.717) is 5.82 Å². The van der Waals surface area contributed by atoms with Gasteiger partial charge in [-0.05, 0) is 51.2 Å². The Hall–Kier alpha value is -7.37. The van der Waals surface area contributed by atoms with E-state index in [2.05, 4.69) is 133 Å². The highest BCUT2D eigenvalue weighted by molar-refractivity contribution is 6.31. The summed E-state index contributed by atoms with van der Waals surface area (Å²) in [6, 6.07) is 57.0. The van der Waals surface area contributed by atoms with Crippen LogP contribution >= 0.6 is 0 Å². The zero-order valence-corrected chi connectivity index (χ0v) is 29.0. The fourth-order valence-corrected chi connectivity index (χ4v) is 8.06. The van der Waals surface area contributed by atoms with E-state index in [1.807, 2.05) is 42.7 Å². The minimum atomic E-state index is 0.618. The second-order valence-corrected chi connectivity index (χ2v) is 13.6. The Kier molecular flexibility index (Phi) is 6.79. The third-order valence-electron chi connectivity index (χ3n) is 10.5. The van der Waals surface area contributed by atoms with Gasteiger partial charge in [-0.25, -0.2) is 19.9 Å². The summed E-state index contributed by atoms with van der Waals surface area (Å²) < 4.78 is 0. The molecule has 250 valence electrons. The molecular weight excluding hydrogens is 659 g/mol. The Labute approximate surface area is 310 Å². The molecule has 11 aromatic rings. The lowest BCUT2D eigenvalue weighted by Gasteiger charge is -2.15. The minimum Gasteiger partial charge on any atom is -0.254 e. The molecule has 0 bridgehead atoms. The van der Waals surface area contributed by atoms with E-state index < -0.39 is 0 Å². The number of pyridine rings is 3. The normalized spacial score (nSPS) is 11.7. The third kappa shape index (κ3) is 4.76. The van der Waals surface area contributed by atoms with Crippen molar-refractivity contribution >= 4 is 64.9 Å². The van der Waals surface area contributed by atoms with Crippen LogP contribution < -0.4 is 0 Å². The average Bonchev–Trinajstić information content (AvgIpc) is 3.26. The van der Waals surface area contributed by atoms with Crippen molar-refractivity contribution in [1.29, 1.82) is 0 Å². The molecular formula is C49H29N5. The van der Waals surface area contributed by atoms with Gasteiger partial charge in [-0.15, -0.1) is 0 Å². The van der Waals surface area contributed by atoms with Gasteiger partial charge in [0.2, 0.25) is 0 Å². The Morgan fingerprint density at radius 2 is 0.944 bits per heavy atom. The van der Waals surface area contributed by atoms with Crippen molar-refractivity contribution in [3.05, 3.63) is 176 Å². The molecule has 11 rings (SSSR count). The lowest BCUT2D eigenvalue weighted by molar-refractivity contribution is 1.16. The van der Waals surface area contributed by atoms with Crippen LogP contribution in [0.15, 0.2) is 176 Å². The fraction of sp³-hybridized carbons (Fsp3) is 0. The van der Waals surface area contributed by atoms with E-state index in [-0.39, 0.29) is 0 Å². The molecule has 4 heterocycles. The second kappa shape index (κ2) is 12.1. The largest absolute Gasteiger partial charge is 0.254 e. The van der Waals surface area contributed by atoms with Crippen molar-refractivity contribution in [1.82, 2.24) is 24.9 Å². The summed E-state index contributed by atoms with van der Waals surface area (Å²) >= 11 is 0. The standard InChI is InChI=1S/C49H29N5/c1-2-11-30(12-3-1)41-24-23-32-22-21-31-25-27-50-48(43(31)46(32)52-41)42-26-28-51-49(53-42)34-14-10-13-33(29-34)45-40-20-9-7-18-38(40)44-37-17-6-4-15-35(37)36-16-5-8-19-39(36)47(44)54-45/h1-29H. The van der Waals surface area contributed by atoms with Crippen LogP contribution in [0.3, 0.4) is 0 Å². The van der Waals surface area contributed by atoms with E-state index in [1.54, 1.807) is 0 Å². The van der Waals surface area contributed by atoms with Crippen molar-refractivity contribution in [2.24, 2.45) is 0 Å². The molecule has 5 nitrogen and oxygen atoms in total. The molecule has 0 aliphatic rings. The SMILES string of the molecule is c1ccc(-c2ccc3ccc4ccnc(-c5ccnc(-c6cccc(-c7nc8c9ccccc9c9ccccc9c8c8ccccc78)c6)n5)c4c3n2)cc1. The number of benzene rings is 7. The monoisotopic (exact) mass is 687 g/mol. The van der Waals surface area contributed by atoms with E-state index in [4.69, 9.17) is 24.9 Å².